The van der Waals surface area contributed by atoms with Crippen molar-refractivity contribution in [3.8, 4) is 0 Å². The van der Waals surface area contributed by atoms with Gasteiger partial charge in [0.1, 0.15) is 6.10 Å². The lowest BCUT2D eigenvalue weighted by molar-refractivity contribution is -0.145. The molecule has 13 heavy (non-hydrogen) atoms. The van der Waals surface area contributed by atoms with E-state index >= 15 is 0 Å². The molecule has 1 atom stereocenters. The maximum atomic E-state index is 10.8. The van der Waals surface area contributed by atoms with Crippen LogP contribution in [0.5, 0.6) is 0 Å². The minimum absolute atomic E-state index is 0.0104. The van der Waals surface area contributed by atoms with Crippen LogP contribution >= 0.6 is 0 Å². The zero-order valence-electron chi connectivity index (χ0n) is 7.75. The smallest absolute Gasteiger partial charge is 0.302 e. The molecule has 69 valence electrons. The molecule has 2 saturated carbocycles. The van der Waals surface area contributed by atoms with Crippen molar-refractivity contribution in [3.63, 3.8) is 0 Å². The van der Waals surface area contributed by atoms with Gasteiger partial charge in [0.05, 0.1) is 0 Å². The highest BCUT2D eigenvalue weighted by molar-refractivity contribution is 5.67. The Hall–Kier alpha value is -0.530. The number of ether oxygens (including phenoxy) is 1. The fourth-order valence-electron chi connectivity index (χ4n) is 1.97. The van der Waals surface area contributed by atoms with Crippen molar-refractivity contribution < 1.29 is 9.53 Å². The summed E-state index contributed by atoms with van der Waals surface area (Å²) in [6.45, 7) is 1.47. The number of hydrogen-bond donors (Lipinski definition) is 0. The Labute approximate surface area is 79.7 Å². The van der Waals surface area contributed by atoms with Gasteiger partial charge in [-0.2, -0.15) is 0 Å². The van der Waals surface area contributed by atoms with Crippen LogP contribution in [0.4, 0.5) is 0 Å². The fraction of sp³-hybridized carbons (Fsp3) is 0.455. The minimum atomic E-state index is -0.181. The number of fused-ring (bicyclic) bond motifs is 1. The molecule has 2 aliphatic carbocycles. The van der Waals surface area contributed by atoms with Gasteiger partial charge in [-0.25, -0.2) is 0 Å². The molecule has 5 radical (unpaired) electrons. The molecule has 0 spiro atoms. The van der Waals surface area contributed by atoms with Crippen LogP contribution in [0.25, 0.3) is 0 Å². The number of carbonyl (C=O) groups is 1. The summed E-state index contributed by atoms with van der Waals surface area (Å²) in [7, 11) is 0. The Morgan fingerprint density at radius 1 is 1.54 bits per heavy atom. The molecule has 2 heteroatoms. The maximum absolute atomic E-state index is 10.8. The molecule has 2 rings (SSSR count). The molecular weight excluding hydrogens is 164 g/mol. The highest BCUT2D eigenvalue weighted by Gasteiger charge is 2.39. The molecule has 0 aromatic heterocycles. The molecule has 0 aromatic rings. The first-order valence-corrected chi connectivity index (χ1v) is 4.69. The van der Waals surface area contributed by atoms with Gasteiger partial charge in [0.25, 0.3) is 0 Å². The van der Waals surface area contributed by atoms with E-state index in [1.165, 1.54) is 18.8 Å². The van der Waals surface area contributed by atoms with Gasteiger partial charge in [-0.05, 0) is 44.4 Å². The minimum Gasteiger partial charge on any atom is -0.462 e. The van der Waals surface area contributed by atoms with Gasteiger partial charge in [-0.15, -0.1) is 0 Å². The molecule has 0 N–H and O–H groups in total. The number of rotatable bonds is 1. The Kier molecular flexibility index (Phi) is 2.56. The summed E-state index contributed by atoms with van der Waals surface area (Å²) in [5.41, 5.74) is 0. The molecule has 0 aromatic carbocycles. The average molecular weight is 177 g/mol. The zero-order chi connectivity index (χ0) is 9.26. The number of esters is 1. The molecule has 2 nitrogen and oxygen atoms in total. The summed E-state index contributed by atoms with van der Waals surface area (Å²) >= 11 is 0. The van der Waals surface area contributed by atoms with Gasteiger partial charge < -0.3 is 4.74 Å². The maximum Gasteiger partial charge on any atom is 0.302 e. The van der Waals surface area contributed by atoms with E-state index in [9.17, 15) is 4.79 Å². The second-order valence-electron chi connectivity index (χ2n) is 3.50. The van der Waals surface area contributed by atoms with Crippen molar-refractivity contribution in [2.75, 3.05) is 0 Å². The quantitative estimate of drug-likeness (QED) is 0.571. The third-order valence-corrected chi connectivity index (χ3v) is 2.51. The fourth-order valence-corrected chi connectivity index (χ4v) is 1.97. The monoisotopic (exact) mass is 177 g/mol. The molecule has 0 saturated heterocycles. The Balaban J connectivity index is 1.97. The van der Waals surface area contributed by atoms with Crippen LogP contribution in [0.2, 0.25) is 0 Å². The van der Waals surface area contributed by atoms with Crippen molar-refractivity contribution in [3.05, 3.63) is 31.1 Å². The predicted molar refractivity (Wildman–Crippen MR) is 48.8 cm³/mol. The van der Waals surface area contributed by atoms with Gasteiger partial charge in [0.15, 0.2) is 0 Å². The van der Waals surface area contributed by atoms with E-state index in [1.54, 1.807) is 0 Å². The van der Waals surface area contributed by atoms with Crippen LogP contribution in [0.15, 0.2) is 0 Å². The Morgan fingerprint density at radius 3 is 3.15 bits per heavy atom. The lowest BCUT2D eigenvalue weighted by Crippen LogP contribution is -2.30. The van der Waals surface area contributed by atoms with Gasteiger partial charge in [-0.3, -0.25) is 4.79 Å². The summed E-state index contributed by atoms with van der Waals surface area (Å²) < 4.78 is 5.24. The van der Waals surface area contributed by atoms with E-state index in [2.05, 4.69) is 12.8 Å². The summed E-state index contributed by atoms with van der Waals surface area (Å²) in [6.07, 6.45) is 9.43. The normalized spacial score (nSPS) is 30.1. The SMILES string of the molecule is CC(=O)OC1CCC[C]2[CH][CH][CH][C]21. The Bertz CT molecular complexity index is 200. The van der Waals surface area contributed by atoms with Crippen LogP contribution in [-0.4, -0.2) is 12.1 Å². The third-order valence-electron chi connectivity index (χ3n) is 2.51. The highest BCUT2D eigenvalue weighted by Crippen LogP contribution is 2.44. The summed E-state index contributed by atoms with van der Waals surface area (Å²) in [4.78, 5) is 10.8. The molecule has 0 aliphatic heterocycles. The van der Waals surface area contributed by atoms with Crippen LogP contribution in [0.3, 0.4) is 0 Å². The largest absolute Gasteiger partial charge is 0.462 e. The molecule has 0 heterocycles. The summed E-state index contributed by atoms with van der Waals surface area (Å²) in [6, 6.07) is 0. The molecule has 2 fully saturated rings. The van der Waals surface area contributed by atoms with Gasteiger partial charge in [0, 0.05) is 12.8 Å². The van der Waals surface area contributed by atoms with Crippen molar-refractivity contribution in [2.24, 2.45) is 0 Å². The number of hydrogen-bond acceptors (Lipinski definition) is 2. The summed E-state index contributed by atoms with van der Waals surface area (Å²) in [5, 5.41) is 0. The van der Waals surface area contributed by atoms with E-state index in [1.807, 2.05) is 6.42 Å². The second-order valence-corrected chi connectivity index (χ2v) is 3.50. The molecular formula is C11H13O2. The zero-order valence-corrected chi connectivity index (χ0v) is 7.75. The van der Waals surface area contributed by atoms with E-state index in [-0.39, 0.29) is 12.1 Å². The Morgan fingerprint density at radius 2 is 2.38 bits per heavy atom. The predicted octanol–water partition coefficient (Wildman–Crippen LogP) is 1.88. The summed E-state index contributed by atoms with van der Waals surface area (Å²) in [5.74, 6) is 2.37. The average Bonchev–Trinajstić information content (AvgIpc) is 2.51. The van der Waals surface area contributed by atoms with Crippen molar-refractivity contribution in [2.45, 2.75) is 32.3 Å². The first kappa shape index (κ1) is 9.04. The van der Waals surface area contributed by atoms with E-state index in [4.69, 9.17) is 4.74 Å². The number of carbonyl (C=O) groups excluding carboxylic acids is 1. The van der Waals surface area contributed by atoms with E-state index in [0.29, 0.717) is 0 Å². The first-order chi connectivity index (χ1) is 6.27. The highest BCUT2D eigenvalue weighted by atomic mass is 16.5. The van der Waals surface area contributed by atoms with E-state index < -0.39 is 0 Å². The lowest BCUT2D eigenvalue weighted by atomic mass is 9.79. The van der Waals surface area contributed by atoms with Gasteiger partial charge in [0.2, 0.25) is 0 Å². The third kappa shape index (κ3) is 1.87. The first-order valence-electron chi connectivity index (χ1n) is 4.69. The molecule has 2 aliphatic rings. The standard InChI is InChI=1S/C11H13O2/c1-8(12)13-11-7-3-5-9-4-2-6-10(9)11/h2,4,6,11H,3,5,7H2,1H3. The van der Waals surface area contributed by atoms with Crippen molar-refractivity contribution in [1.82, 2.24) is 0 Å². The second kappa shape index (κ2) is 3.69. The van der Waals surface area contributed by atoms with Gasteiger partial charge in [-0.1, -0.05) is 0 Å². The molecule has 1 unspecified atom stereocenters. The molecule has 0 amide bonds. The van der Waals surface area contributed by atoms with Crippen LogP contribution in [0, 0.1) is 31.1 Å². The van der Waals surface area contributed by atoms with Crippen LogP contribution < -0.4 is 0 Å². The van der Waals surface area contributed by atoms with E-state index in [0.717, 1.165) is 19.3 Å². The van der Waals surface area contributed by atoms with Crippen molar-refractivity contribution in [1.29, 1.82) is 0 Å². The van der Waals surface area contributed by atoms with Crippen molar-refractivity contribution >= 4 is 5.97 Å². The van der Waals surface area contributed by atoms with Crippen LogP contribution in [-0.2, 0) is 9.53 Å². The van der Waals surface area contributed by atoms with Gasteiger partial charge >= 0.3 is 5.97 Å². The molecule has 0 bridgehead atoms. The van der Waals surface area contributed by atoms with Crippen LogP contribution in [0.1, 0.15) is 26.2 Å². The lowest BCUT2D eigenvalue weighted by Gasteiger charge is -2.31. The topological polar surface area (TPSA) is 26.3 Å².